The van der Waals surface area contributed by atoms with E-state index in [2.05, 4.69) is 72.1 Å². The lowest BCUT2D eigenvalue weighted by Gasteiger charge is -2.09. The van der Waals surface area contributed by atoms with Crippen LogP contribution in [0, 0.1) is 0 Å². The van der Waals surface area contributed by atoms with Crippen molar-refractivity contribution in [2.45, 2.75) is 26.2 Å². The molecule has 2 heterocycles. The van der Waals surface area contributed by atoms with Gasteiger partial charge in [0.15, 0.2) is 0 Å². The van der Waals surface area contributed by atoms with Crippen molar-refractivity contribution < 1.29 is 0 Å². The Balaban J connectivity index is 2.04. The summed E-state index contributed by atoms with van der Waals surface area (Å²) in [5.74, 6) is 0. The highest BCUT2D eigenvalue weighted by Crippen LogP contribution is 2.31. The van der Waals surface area contributed by atoms with E-state index in [-0.39, 0.29) is 0 Å². The fourth-order valence-corrected chi connectivity index (χ4v) is 3.27. The molecule has 23 heavy (non-hydrogen) atoms. The van der Waals surface area contributed by atoms with Gasteiger partial charge >= 0.3 is 0 Å². The minimum Gasteiger partial charge on any atom is -0.237 e. The molecule has 0 saturated carbocycles. The molecule has 0 aliphatic heterocycles. The van der Waals surface area contributed by atoms with Gasteiger partial charge in [-0.1, -0.05) is 67.9 Å². The first-order valence-corrected chi connectivity index (χ1v) is 8.32. The van der Waals surface area contributed by atoms with Gasteiger partial charge in [0.25, 0.3) is 0 Å². The van der Waals surface area contributed by atoms with Crippen LogP contribution in [0.2, 0.25) is 0 Å². The summed E-state index contributed by atoms with van der Waals surface area (Å²) in [5.41, 5.74) is 4.95. The van der Waals surface area contributed by atoms with Gasteiger partial charge in [-0.2, -0.15) is 5.10 Å². The van der Waals surface area contributed by atoms with E-state index < -0.39 is 0 Å². The van der Waals surface area contributed by atoms with E-state index in [1.807, 2.05) is 6.20 Å². The summed E-state index contributed by atoms with van der Waals surface area (Å²) in [5, 5.41) is 7.28. The molecule has 0 spiro atoms. The van der Waals surface area contributed by atoms with Crippen LogP contribution in [0.3, 0.4) is 0 Å². The molecule has 4 aromatic rings. The van der Waals surface area contributed by atoms with Crippen molar-refractivity contribution in [1.29, 1.82) is 0 Å². The molecule has 2 aromatic heterocycles. The van der Waals surface area contributed by atoms with Crippen molar-refractivity contribution in [1.82, 2.24) is 9.61 Å². The maximum absolute atomic E-state index is 4.71. The Morgan fingerprint density at radius 3 is 2.57 bits per heavy atom. The van der Waals surface area contributed by atoms with E-state index >= 15 is 0 Å². The number of hydrogen-bond donors (Lipinski definition) is 0. The fraction of sp³-hybridized carbons (Fsp3) is 0.190. The van der Waals surface area contributed by atoms with Crippen LogP contribution in [-0.2, 0) is 6.42 Å². The van der Waals surface area contributed by atoms with Gasteiger partial charge in [-0.05, 0) is 29.9 Å². The SMILES string of the molecule is CCCCc1cc2ccccc2c2c(-c3ccccc3)cnn12. The average molecular weight is 300 g/mol. The average Bonchev–Trinajstić information content (AvgIpc) is 3.06. The van der Waals surface area contributed by atoms with Gasteiger partial charge in [0.05, 0.1) is 11.7 Å². The first-order chi connectivity index (χ1) is 11.4. The molecule has 0 atom stereocenters. The Morgan fingerprint density at radius 2 is 1.74 bits per heavy atom. The van der Waals surface area contributed by atoms with Crippen LogP contribution in [-0.4, -0.2) is 9.61 Å². The second-order valence-electron chi connectivity index (χ2n) is 6.01. The molecule has 0 fully saturated rings. The van der Waals surface area contributed by atoms with E-state index in [4.69, 9.17) is 5.10 Å². The van der Waals surface area contributed by atoms with E-state index in [1.54, 1.807) is 0 Å². The van der Waals surface area contributed by atoms with Gasteiger partial charge in [-0.25, -0.2) is 4.52 Å². The third-order valence-electron chi connectivity index (χ3n) is 4.45. The van der Waals surface area contributed by atoms with E-state index in [0.29, 0.717) is 0 Å². The van der Waals surface area contributed by atoms with Crippen LogP contribution >= 0.6 is 0 Å². The summed E-state index contributed by atoms with van der Waals surface area (Å²) in [6, 6.07) is 21.4. The van der Waals surface area contributed by atoms with E-state index in [1.165, 1.54) is 46.0 Å². The van der Waals surface area contributed by atoms with Gasteiger partial charge in [0, 0.05) is 16.6 Å². The molecule has 2 heteroatoms. The normalized spacial score (nSPS) is 11.3. The number of aryl methyl sites for hydroxylation is 1. The molecule has 0 unspecified atom stereocenters. The lowest BCUT2D eigenvalue weighted by atomic mass is 10.0. The van der Waals surface area contributed by atoms with Crippen molar-refractivity contribution in [3.05, 3.63) is 72.6 Å². The van der Waals surface area contributed by atoms with Crippen LogP contribution < -0.4 is 0 Å². The number of unbranched alkanes of at least 4 members (excludes halogenated alkanes) is 1. The highest BCUT2D eigenvalue weighted by molar-refractivity contribution is 6.03. The molecule has 0 bridgehead atoms. The Morgan fingerprint density at radius 1 is 0.957 bits per heavy atom. The molecule has 2 aromatic carbocycles. The first kappa shape index (κ1) is 14.0. The van der Waals surface area contributed by atoms with Crippen molar-refractivity contribution in [2.24, 2.45) is 0 Å². The Kier molecular flexibility index (Phi) is 3.58. The Bertz CT molecular complexity index is 952. The summed E-state index contributed by atoms with van der Waals surface area (Å²) in [6.45, 7) is 2.23. The number of nitrogens with zero attached hydrogens (tertiary/aromatic N) is 2. The predicted molar refractivity (Wildman–Crippen MR) is 96.7 cm³/mol. The van der Waals surface area contributed by atoms with Crippen LogP contribution in [0.1, 0.15) is 25.5 Å². The first-order valence-electron chi connectivity index (χ1n) is 8.32. The zero-order valence-electron chi connectivity index (χ0n) is 13.4. The smallest absolute Gasteiger partial charge is 0.0821 e. The number of hydrogen-bond acceptors (Lipinski definition) is 1. The summed E-state index contributed by atoms with van der Waals surface area (Å²) in [4.78, 5) is 0. The largest absolute Gasteiger partial charge is 0.237 e. The van der Waals surface area contributed by atoms with Gasteiger partial charge in [-0.3, -0.25) is 0 Å². The highest BCUT2D eigenvalue weighted by Gasteiger charge is 2.13. The molecule has 0 aliphatic rings. The van der Waals surface area contributed by atoms with Crippen molar-refractivity contribution in [3.63, 3.8) is 0 Å². The minimum absolute atomic E-state index is 1.06. The summed E-state index contributed by atoms with van der Waals surface area (Å²) in [6.07, 6.45) is 5.45. The van der Waals surface area contributed by atoms with Crippen LogP contribution in [0.15, 0.2) is 66.9 Å². The predicted octanol–water partition coefficient (Wildman–Crippen LogP) is 5.50. The highest BCUT2D eigenvalue weighted by atomic mass is 15.2. The van der Waals surface area contributed by atoms with Gasteiger partial charge in [0.1, 0.15) is 0 Å². The summed E-state index contributed by atoms with van der Waals surface area (Å²) < 4.78 is 2.14. The molecule has 0 N–H and O–H groups in total. The second kappa shape index (κ2) is 5.88. The van der Waals surface area contributed by atoms with Crippen molar-refractivity contribution in [2.75, 3.05) is 0 Å². The topological polar surface area (TPSA) is 17.3 Å². The van der Waals surface area contributed by atoms with Crippen LogP contribution in [0.25, 0.3) is 27.4 Å². The Hall–Kier alpha value is -2.61. The van der Waals surface area contributed by atoms with Gasteiger partial charge in [-0.15, -0.1) is 0 Å². The third kappa shape index (κ3) is 2.40. The Labute approximate surface area is 136 Å². The number of rotatable bonds is 4. The monoisotopic (exact) mass is 300 g/mol. The third-order valence-corrected chi connectivity index (χ3v) is 4.45. The van der Waals surface area contributed by atoms with E-state index in [9.17, 15) is 0 Å². The maximum Gasteiger partial charge on any atom is 0.0821 e. The maximum atomic E-state index is 4.71. The quantitative estimate of drug-likeness (QED) is 0.486. The summed E-state index contributed by atoms with van der Waals surface area (Å²) >= 11 is 0. The second-order valence-corrected chi connectivity index (χ2v) is 6.01. The molecule has 0 saturated heterocycles. The molecule has 0 radical (unpaired) electrons. The van der Waals surface area contributed by atoms with Gasteiger partial charge < -0.3 is 0 Å². The number of benzene rings is 2. The number of fused-ring (bicyclic) bond motifs is 3. The molecular weight excluding hydrogens is 280 g/mol. The van der Waals surface area contributed by atoms with Gasteiger partial charge in [0.2, 0.25) is 0 Å². The molecule has 0 amide bonds. The zero-order valence-corrected chi connectivity index (χ0v) is 13.4. The fourth-order valence-electron chi connectivity index (χ4n) is 3.27. The lowest BCUT2D eigenvalue weighted by Crippen LogP contribution is -1.99. The molecule has 0 aliphatic carbocycles. The lowest BCUT2D eigenvalue weighted by molar-refractivity contribution is 0.746. The molecule has 4 rings (SSSR count). The summed E-state index contributed by atoms with van der Waals surface area (Å²) in [7, 11) is 0. The number of pyridine rings is 1. The van der Waals surface area contributed by atoms with Crippen LogP contribution in [0.4, 0.5) is 0 Å². The minimum atomic E-state index is 1.06. The van der Waals surface area contributed by atoms with E-state index in [0.717, 1.165) is 6.42 Å². The van der Waals surface area contributed by atoms with Crippen molar-refractivity contribution in [3.8, 4) is 11.1 Å². The zero-order chi connectivity index (χ0) is 15.6. The standard InChI is InChI=1S/C21H20N2/c1-2-3-12-18-14-17-11-7-8-13-19(17)21-20(15-22-23(18)21)16-9-5-4-6-10-16/h4-11,13-15H,2-3,12H2,1H3. The molecule has 114 valence electrons. The molecule has 2 nitrogen and oxygen atoms in total. The van der Waals surface area contributed by atoms with Crippen LogP contribution in [0.5, 0.6) is 0 Å². The molecular formula is C21H20N2. The number of aromatic nitrogens is 2. The van der Waals surface area contributed by atoms with Crippen molar-refractivity contribution >= 4 is 16.3 Å².